The van der Waals surface area contributed by atoms with E-state index in [0.29, 0.717) is 11.5 Å². The summed E-state index contributed by atoms with van der Waals surface area (Å²) >= 11 is 7.44. The number of aliphatic imine (C=N–C) groups is 1. The molecule has 1 amide bonds. The number of carbonyl (C=O) groups excluding carboxylic acids is 1. The lowest BCUT2D eigenvalue weighted by molar-refractivity contribution is -0.113. The van der Waals surface area contributed by atoms with Crippen LogP contribution in [0.5, 0.6) is 5.75 Å². The number of hydrogen-bond acceptors (Lipinski definition) is 5. The Labute approximate surface area is 186 Å². The molecule has 7 heteroatoms. The van der Waals surface area contributed by atoms with Crippen molar-refractivity contribution in [2.24, 2.45) is 4.99 Å². The second-order valence-electron chi connectivity index (χ2n) is 7.18. The molecule has 2 aliphatic rings. The summed E-state index contributed by atoms with van der Waals surface area (Å²) < 4.78 is 5.61. The fraction of sp³-hybridized carbons (Fsp3) is 0.304. The summed E-state index contributed by atoms with van der Waals surface area (Å²) in [4.78, 5) is 21.9. The zero-order valence-electron chi connectivity index (χ0n) is 16.9. The van der Waals surface area contributed by atoms with E-state index in [2.05, 4.69) is 21.7 Å². The maximum atomic E-state index is 12.4. The lowest BCUT2D eigenvalue weighted by atomic mass is 10.2. The summed E-state index contributed by atoms with van der Waals surface area (Å²) in [5.41, 5.74) is 2.14. The highest BCUT2D eigenvalue weighted by molar-refractivity contribution is 8.18. The maximum Gasteiger partial charge on any atom is 0.286 e. The van der Waals surface area contributed by atoms with Gasteiger partial charge < -0.3 is 14.5 Å². The van der Waals surface area contributed by atoms with E-state index in [1.807, 2.05) is 54.6 Å². The number of thioether (sulfide) groups is 1. The van der Waals surface area contributed by atoms with Crippen LogP contribution in [0.2, 0.25) is 5.02 Å². The first kappa shape index (κ1) is 20.8. The molecule has 1 saturated heterocycles. The predicted molar refractivity (Wildman–Crippen MR) is 125 cm³/mol. The molecule has 2 heterocycles. The minimum atomic E-state index is -0.165. The van der Waals surface area contributed by atoms with Crippen LogP contribution in [0, 0.1) is 0 Å². The van der Waals surface area contributed by atoms with Gasteiger partial charge in [0.15, 0.2) is 5.17 Å². The Bertz CT molecular complexity index is 949. The Balaban J connectivity index is 1.35. The van der Waals surface area contributed by atoms with Crippen LogP contribution >= 0.6 is 23.4 Å². The van der Waals surface area contributed by atoms with Crippen molar-refractivity contribution >= 4 is 46.2 Å². The van der Waals surface area contributed by atoms with Crippen LogP contribution in [0.3, 0.4) is 0 Å². The third-order valence-electron chi connectivity index (χ3n) is 5.00. The summed E-state index contributed by atoms with van der Waals surface area (Å²) in [6, 6.07) is 15.7. The van der Waals surface area contributed by atoms with Crippen molar-refractivity contribution in [2.75, 3.05) is 37.7 Å². The van der Waals surface area contributed by atoms with Gasteiger partial charge in [0, 0.05) is 36.9 Å². The molecule has 0 spiro atoms. The number of amides is 1. The van der Waals surface area contributed by atoms with Gasteiger partial charge >= 0.3 is 0 Å². The second-order valence-corrected chi connectivity index (χ2v) is 8.62. The topological polar surface area (TPSA) is 45.1 Å². The third-order valence-corrected chi connectivity index (χ3v) is 6.30. The molecule has 4 rings (SSSR count). The molecule has 2 aliphatic heterocycles. The molecule has 0 atom stereocenters. The number of hydrogen-bond donors (Lipinski definition) is 0. The van der Waals surface area contributed by atoms with E-state index in [4.69, 9.17) is 16.3 Å². The van der Waals surface area contributed by atoms with Gasteiger partial charge in [-0.25, -0.2) is 0 Å². The van der Waals surface area contributed by atoms with Crippen LogP contribution in [-0.4, -0.2) is 48.8 Å². The predicted octanol–water partition coefficient (Wildman–Crippen LogP) is 4.92. The normalized spacial score (nSPS) is 18.1. The molecule has 0 aliphatic carbocycles. The molecule has 0 aromatic heterocycles. The average molecular weight is 442 g/mol. The van der Waals surface area contributed by atoms with E-state index in [9.17, 15) is 4.79 Å². The molecule has 0 N–H and O–H groups in total. The Hall–Kier alpha value is -2.44. The fourth-order valence-corrected chi connectivity index (χ4v) is 4.46. The van der Waals surface area contributed by atoms with Crippen molar-refractivity contribution in [3.8, 4) is 5.75 Å². The molecule has 5 nitrogen and oxygen atoms in total. The first-order valence-corrected chi connectivity index (χ1v) is 11.3. The van der Waals surface area contributed by atoms with Crippen molar-refractivity contribution in [3.05, 3.63) is 64.0 Å². The molecular weight excluding hydrogens is 418 g/mol. The number of benzene rings is 2. The molecule has 0 bridgehead atoms. The van der Waals surface area contributed by atoms with Gasteiger partial charge in [-0.15, -0.1) is 0 Å². The zero-order valence-corrected chi connectivity index (χ0v) is 18.5. The van der Waals surface area contributed by atoms with Crippen LogP contribution < -0.4 is 9.64 Å². The Morgan fingerprint density at radius 3 is 2.37 bits per heavy atom. The quantitative estimate of drug-likeness (QED) is 0.616. The van der Waals surface area contributed by atoms with Gasteiger partial charge in [0.05, 0.1) is 11.5 Å². The Kier molecular flexibility index (Phi) is 6.65. The van der Waals surface area contributed by atoms with Crippen LogP contribution in [-0.2, 0) is 4.79 Å². The highest BCUT2D eigenvalue weighted by Gasteiger charge is 2.28. The smallest absolute Gasteiger partial charge is 0.286 e. The van der Waals surface area contributed by atoms with Gasteiger partial charge in [-0.3, -0.25) is 4.79 Å². The first-order chi connectivity index (χ1) is 14.6. The number of halogens is 1. The van der Waals surface area contributed by atoms with Crippen molar-refractivity contribution < 1.29 is 9.53 Å². The van der Waals surface area contributed by atoms with Crippen molar-refractivity contribution in [1.29, 1.82) is 0 Å². The maximum absolute atomic E-state index is 12.4. The zero-order chi connectivity index (χ0) is 20.9. The molecule has 2 aromatic rings. The summed E-state index contributed by atoms with van der Waals surface area (Å²) in [5, 5.41) is 1.54. The molecule has 2 aromatic carbocycles. The standard InChI is InChI=1S/C23H24ClN3O2S/c1-2-15-29-20-9-3-17(4-10-20)16-21-22(28)25-23(30-21)27-13-11-26(12-14-27)19-7-5-18(24)6-8-19/h3-10,16H,2,11-15H2,1H3. The summed E-state index contributed by atoms with van der Waals surface area (Å²) in [5.74, 6) is 0.682. The molecule has 0 radical (unpaired) electrons. The minimum absolute atomic E-state index is 0.165. The van der Waals surface area contributed by atoms with E-state index in [0.717, 1.165) is 54.1 Å². The molecular formula is C23H24ClN3O2S. The molecule has 1 fully saturated rings. The first-order valence-electron chi connectivity index (χ1n) is 10.1. The van der Waals surface area contributed by atoms with E-state index >= 15 is 0 Å². The number of piperazine rings is 1. The highest BCUT2D eigenvalue weighted by Crippen LogP contribution is 2.31. The highest BCUT2D eigenvalue weighted by atomic mass is 35.5. The van der Waals surface area contributed by atoms with Gasteiger partial charge in [-0.05, 0) is 66.2 Å². The van der Waals surface area contributed by atoms with Gasteiger partial charge in [0.2, 0.25) is 0 Å². The molecule has 30 heavy (non-hydrogen) atoms. The van der Waals surface area contributed by atoms with Crippen LogP contribution in [0.1, 0.15) is 18.9 Å². The second kappa shape index (κ2) is 9.58. The van der Waals surface area contributed by atoms with Gasteiger partial charge in [0.25, 0.3) is 5.91 Å². The lowest BCUT2D eigenvalue weighted by Crippen LogP contribution is -2.47. The molecule has 156 valence electrons. The van der Waals surface area contributed by atoms with Crippen LogP contribution in [0.25, 0.3) is 6.08 Å². The van der Waals surface area contributed by atoms with Crippen molar-refractivity contribution in [3.63, 3.8) is 0 Å². The molecule has 0 saturated carbocycles. The van der Waals surface area contributed by atoms with Gasteiger partial charge in [-0.1, -0.05) is 30.7 Å². The lowest BCUT2D eigenvalue weighted by Gasteiger charge is -2.36. The van der Waals surface area contributed by atoms with E-state index in [1.165, 1.54) is 17.4 Å². The van der Waals surface area contributed by atoms with Crippen molar-refractivity contribution in [2.45, 2.75) is 13.3 Å². The number of rotatable bonds is 5. The van der Waals surface area contributed by atoms with Gasteiger partial charge in [0.1, 0.15) is 5.75 Å². The SMILES string of the molecule is CCCOc1ccc(C=C2SC(N3CCN(c4ccc(Cl)cc4)CC3)=NC2=O)cc1. The van der Waals surface area contributed by atoms with E-state index < -0.39 is 0 Å². The fourth-order valence-electron chi connectivity index (χ4n) is 3.37. The van der Waals surface area contributed by atoms with E-state index in [1.54, 1.807) is 0 Å². The van der Waals surface area contributed by atoms with Crippen LogP contribution in [0.4, 0.5) is 5.69 Å². The minimum Gasteiger partial charge on any atom is -0.494 e. The van der Waals surface area contributed by atoms with Crippen LogP contribution in [0.15, 0.2) is 58.4 Å². The number of carbonyl (C=O) groups is 1. The largest absolute Gasteiger partial charge is 0.494 e. The molecule has 0 unspecified atom stereocenters. The number of anilines is 1. The van der Waals surface area contributed by atoms with Gasteiger partial charge in [-0.2, -0.15) is 4.99 Å². The summed E-state index contributed by atoms with van der Waals surface area (Å²) in [6.07, 6.45) is 2.88. The monoisotopic (exact) mass is 441 g/mol. The Morgan fingerprint density at radius 2 is 1.70 bits per heavy atom. The number of amidine groups is 1. The summed E-state index contributed by atoms with van der Waals surface area (Å²) in [7, 11) is 0. The summed E-state index contributed by atoms with van der Waals surface area (Å²) in [6.45, 7) is 6.21. The Morgan fingerprint density at radius 1 is 1.03 bits per heavy atom. The van der Waals surface area contributed by atoms with E-state index in [-0.39, 0.29) is 5.91 Å². The number of nitrogens with zero attached hydrogens (tertiary/aromatic N) is 3. The number of ether oxygens (including phenoxy) is 1. The van der Waals surface area contributed by atoms with Crippen molar-refractivity contribution in [1.82, 2.24) is 4.90 Å². The third kappa shape index (κ3) is 4.99. The average Bonchev–Trinajstić information content (AvgIpc) is 3.14.